The van der Waals surface area contributed by atoms with E-state index in [1.165, 1.54) is 0 Å². The number of rotatable bonds is 3. The summed E-state index contributed by atoms with van der Waals surface area (Å²) in [6.07, 6.45) is 3.28. The largest absolute Gasteiger partial charge is 0.316 e. The normalized spacial score (nSPS) is 10.2. The summed E-state index contributed by atoms with van der Waals surface area (Å²) < 4.78 is 1.70. The van der Waals surface area contributed by atoms with Crippen molar-refractivity contribution in [2.24, 2.45) is 0 Å². The molecule has 0 radical (unpaired) electrons. The van der Waals surface area contributed by atoms with Crippen molar-refractivity contribution in [1.82, 2.24) is 30.4 Å². The molecule has 78 valence electrons. The van der Waals surface area contributed by atoms with Gasteiger partial charge in [-0.1, -0.05) is 0 Å². The molecule has 0 saturated heterocycles. The Kier molecular flexibility index (Phi) is 2.40. The fourth-order valence-corrected chi connectivity index (χ4v) is 1.05. The number of hydrogen-bond acceptors (Lipinski definition) is 5. The quantitative estimate of drug-likeness (QED) is 0.717. The van der Waals surface area contributed by atoms with Crippen LogP contribution in [0, 0.1) is 0 Å². The fourth-order valence-electron chi connectivity index (χ4n) is 1.05. The lowest BCUT2D eigenvalue weighted by Gasteiger charge is -1.96. The Morgan fingerprint density at radius 2 is 2.53 bits per heavy atom. The van der Waals surface area contributed by atoms with Crippen LogP contribution in [0.5, 0.6) is 0 Å². The first kappa shape index (κ1) is 9.31. The number of amides is 1. The van der Waals surface area contributed by atoms with Crippen molar-refractivity contribution in [3.05, 3.63) is 18.2 Å². The van der Waals surface area contributed by atoms with Gasteiger partial charge in [-0.05, 0) is 12.1 Å². The average Bonchev–Trinajstić information content (AvgIpc) is 2.87. The number of hydrogen-bond donors (Lipinski definition) is 2. The number of aryl methyl sites for hydroxylation is 1. The van der Waals surface area contributed by atoms with E-state index in [4.69, 9.17) is 0 Å². The molecular weight excluding hydrogens is 198 g/mol. The Balaban J connectivity index is 2.06. The Hall–Kier alpha value is -2.25. The van der Waals surface area contributed by atoms with Crippen LogP contribution in [0.15, 0.2) is 12.4 Å². The van der Waals surface area contributed by atoms with Crippen LogP contribution in [0.2, 0.25) is 0 Å². The van der Waals surface area contributed by atoms with Gasteiger partial charge in [-0.2, -0.15) is 10.3 Å². The van der Waals surface area contributed by atoms with Gasteiger partial charge in [0.1, 0.15) is 0 Å². The summed E-state index contributed by atoms with van der Waals surface area (Å²) in [4.78, 5) is 11.4. The second kappa shape index (κ2) is 3.86. The van der Waals surface area contributed by atoms with Crippen LogP contribution >= 0.6 is 0 Å². The van der Waals surface area contributed by atoms with Crippen LogP contribution in [0.1, 0.15) is 17.5 Å². The predicted octanol–water partition coefficient (Wildman–Crippen LogP) is -0.332. The van der Waals surface area contributed by atoms with Gasteiger partial charge in [0.15, 0.2) is 0 Å². The summed E-state index contributed by atoms with van der Waals surface area (Å²) in [6, 6.07) is 0. The highest BCUT2D eigenvalue weighted by Gasteiger charge is 2.11. The maximum absolute atomic E-state index is 11.4. The summed E-state index contributed by atoms with van der Waals surface area (Å²) in [5, 5.41) is 19.2. The zero-order valence-electron chi connectivity index (χ0n) is 8.01. The highest BCUT2D eigenvalue weighted by Crippen LogP contribution is 2.05. The molecule has 8 heteroatoms. The molecule has 0 aliphatic heterocycles. The smallest absolute Gasteiger partial charge is 0.297 e. The molecule has 0 fully saturated rings. The van der Waals surface area contributed by atoms with Crippen LogP contribution in [0.25, 0.3) is 0 Å². The van der Waals surface area contributed by atoms with Crippen LogP contribution < -0.4 is 5.32 Å². The molecule has 2 aromatic rings. The van der Waals surface area contributed by atoms with Crippen molar-refractivity contribution >= 4 is 11.6 Å². The Morgan fingerprint density at radius 3 is 3.13 bits per heavy atom. The molecule has 2 heterocycles. The third-order valence-electron chi connectivity index (χ3n) is 1.76. The van der Waals surface area contributed by atoms with Crippen LogP contribution in [0.4, 0.5) is 5.69 Å². The molecule has 2 rings (SSSR count). The molecule has 2 N–H and O–H groups in total. The maximum Gasteiger partial charge on any atom is 0.297 e. The van der Waals surface area contributed by atoms with E-state index in [-0.39, 0.29) is 5.82 Å². The zero-order chi connectivity index (χ0) is 10.7. The first-order valence-electron chi connectivity index (χ1n) is 4.37. The molecule has 2 aromatic heterocycles. The molecule has 0 bridgehead atoms. The summed E-state index contributed by atoms with van der Waals surface area (Å²) in [6.45, 7) is 2.70. The molecule has 0 aromatic carbocycles. The van der Waals surface area contributed by atoms with E-state index in [0.717, 1.165) is 6.54 Å². The van der Waals surface area contributed by atoms with Crippen molar-refractivity contribution < 1.29 is 4.79 Å². The molecular formula is C7H9N7O. The van der Waals surface area contributed by atoms with Gasteiger partial charge in [0, 0.05) is 12.7 Å². The number of aromatic nitrogens is 6. The van der Waals surface area contributed by atoms with E-state index in [1.807, 2.05) is 6.92 Å². The summed E-state index contributed by atoms with van der Waals surface area (Å²) in [5.74, 6) is -0.418. The predicted molar refractivity (Wildman–Crippen MR) is 50.0 cm³/mol. The highest BCUT2D eigenvalue weighted by molar-refractivity contribution is 6.01. The van der Waals surface area contributed by atoms with Gasteiger partial charge in [0.25, 0.3) is 11.7 Å². The highest BCUT2D eigenvalue weighted by atomic mass is 16.2. The average molecular weight is 207 g/mol. The van der Waals surface area contributed by atoms with Gasteiger partial charge in [0.2, 0.25) is 0 Å². The zero-order valence-corrected chi connectivity index (χ0v) is 8.01. The van der Waals surface area contributed by atoms with Crippen molar-refractivity contribution in [2.75, 3.05) is 5.32 Å². The van der Waals surface area contributed by atoms with Crippen LogP contribution in [-0.4, -0.2) is 36.3 Å². The molecule has 0 saturated carbocycles. The van der Waals surface area contributed by atoms with E-state index >= 15 is 0 Å². The number of tetrazole rings is 1. The minimum Gasteiger partial charge on any atom is -0.316 e. The standard InChI is InChI=1S/C7H9N7O/c1-2-14-4-5(3-8-14)9-7(15)6-10-12-13-11-6/h3-4H,2H2,1H3,(H,9,15)(H,10,11,12,13). The monoisotopic (exact) mass is 207 g/mol. The second-order valence-corrected chi connectivity index (χ2v) is 2.77. The molecule has 0 unspecified atom stereocenters. The Bertz CT molecular complexity index is 446. The molecule has 15 heavy (non-hydrogen) atoms. The van der Waals surface area contributed by atoms with Gasteiger partial charge in [-0.15, -0.1) is 10.2 Å². The minimum atomic E-state index is -0.417. The van der Waals surface area contributed by atoms with Crippen LogP contribution in [0.3, 0.4) is 0 Å². The first-order valence-corrected chi connectivity index (χ1v) is 4.37. The van der Waals surface area contributed by atoms with Gasteiger partial charge in [-0.3, -0.25) is 9.48 Å². The third-order valence-corrected chi connectivity index (χ3v) is 1.76. The minimum absolute atomic E-state index is 0.000696. The third kappa shape index (κ3) is 1.98. The topological polar surface area (TPSA) is 101 Å². The van der Waals surface area contributed by atoms with Crippen molar-refractivity contribution in [1.29, 1.82) is 0 Å². The van der Waals surface area contributed by atoms with Gasteiger partial charge < -0.3 is 5.32 Å². The number of nitrogens with one attached hydrogen (secondary N) is 2. The number of nitrogens with zero attached hydrogens (tertiary/aromatic N) is 5. The maximum atomic E-state index is 11.4. The number of carbonyl (C=O) groups excluding carboxylic acids is 1. The molecule has 8 nitrogen and oxygen atoms in total. The van der Waals surface area contributed by atoms with E-state index in [2.05, 4.69) is 31.0 Å². The summed E-state index contributed by atoms with van der Waals surface area (Å²) >= 11 is 0. The number of H-pyrrole nitrogens is 1. The first-order chi connectivity index (χ1) is 7.29. The van der Waals surface area contributed by atoms with Crippen LogP contribution in [-0.2, 0) is 6.54 Å². The lowest BCUT2D eigenvalue weighted by Crippen LogP contribution is -2.13. The van der Waals surface area contributed by atoms with E-state index in [9.17, 15) is 4.79 Å². The molecule has 0 atom stereocenters. The number of aromatic amines is 1. The van der Waals surface area contributed by atoms with Crippen molar-refractivity contribution in [3.8, 4) is 0 Å². The van der Waals surface area contributed by atoms with Gasteiger partial charge in [0.05, 0.1) is 11.9 Å². The van der Waals surface area contributed by atoms with E-state index in [0.29, 0.717) is 5.69 Å². The Morgan fingerprint density at radius 1 is 1.67 bits per heavy atom. The van der Waals surface area contributed by atoms with E-state index in [1.54, 1.807) is 17.1 Å². The van der Waals surface area contributed by atoms with Crippen molar-refractivity contribution in [3.63, 3.8) is 0 Å². The van der Waals surface area contributed by atoms with Crippen molar-refractivity contribution in [2.45, 2.75) is 13.5 Å². The molecule has 0 spiro atoms. The SMILES string of the molecule is CCn1cc(NC(=O)c2nn[nH]n2)cn1. The molecule has 1 amide bonds. The second-order valence-electron chi connectivity index (χ2n) is 2.77. The lowest BCUT2D eigenvalue weighted by molar-refractivity contribution is 0.101. The fraction of sp³-hybridized carbons (Fsp3) is 0.286. The molecule has 0 aliphatic carbocycles. The summed E-state index contributed by atoms with van der Waals surface area (Å²) in [7, 11) is 0. The van der Waals surface area contributed by atoms with Gasteiger partial charge >= 0.3 is 0 Å². The van der Waals surface area contributed by atoms with Gasteiger partial charge in [-0.25, -0.2) is 0 Å². The number of carbonyl (C=O) groups is 1. The Labute approximate surface area is 84.7 Å². The molecule has 0 aliphatic rings. The van der Waals surface area contributed by atoms with E-state index < -0.39 is 5.91 Å². The lowest BCUT2D eigenvalue weighted by atomic mass is 10.5. The summed E-state index contributed by atoms with van der Waals surface area (Å²) in [5.41, 5.74) is 0.603. The number of anilines is 1.